The van der Waals surface area contributed by atoms with E-state index in [-0.39, 0.29) is 17.4 Å². The third kappa shape index (κ3) is 5.50. The van der Waals surface area contributed by atoms with Crippen molar-refractivity contribution in [3.63, 3.8) is 0 Å². The van der Waals surface area contributed by atoms with Crippen molar-refractivity contribution in [2.24, 2.45) is 5.92 Å². The number of carbonyl (C=O) groups excluding carboxylic acids is 1. The number of benzene rings is 2. The molecule has 0 saturated carbocycles. The zero-order valence-corrected chi connectivity index (χ0v) is 18.1. The molecule has 3 rings (SSSR count). The minimum absolute atomic E-state index is 0.158. The Bertz CT molecular complexity index is 969. The number of halogens is 1. The third-order valence-corrected chi connectivity index (χ3v) is 7.16. The molecule has 0 unspecified atom stereocenters. The van der Waals surface area contributed by atoms with Gasteiger partial charge in [0, 0.05) is 23.8 Å². The summed E-state index contributed by atoms with van der Waals surface area (Å²) in [4.78, 5) is 12.4. The number of piperidine rings is 1. The number of nitrogens with one attached hydrogen (secondary N) is 1. The summed E-state index contributed by atoms with van der Waals surface area (Å²) in [6, 6.07) is 11.4. The van der Waals surface area contributed by atoms with Crippen molar-refractivity contribution in [3.05, 3.63) is 53.1 Å². The van der Waals surface area contributed by atoms with Crippen LogP contribution in [0.3, 0.4) is 0 Å². The lowest BCUT2D eigenvalue weighted by Gasteiger charge is -2.29. The van der Waals surface area contributed by atoms with E-state index in [2.05, 4.69) is 12.2 Å². The zero-order chi connectivity index (χ0) is 21.0. The molecule has 1 aliphatic rings. The van der Waals surface area contributed by atoms with E-state index in [0.717, 1.165) is 18.4 Å². The fourth-order valence-electron chi connectivity index (χ4n) is 3.20. The molecule has 1 N–H and O–H groups in total. The molecule has 29 heavy (non-hydrogen) atoms. The van der Waals surface area contributed by atoms with Gasteiger partial charge in [-0.05, 0) is 73.7 Å². The van der Waals surface area contributed by atoms with E-state index in [0.29, 0.717) is 35.5 Å². The number of amides is 1. The molecule has 0 atom stereocenters. The van der Waals surface area contributed by atoms with Crippen molar-refractivity contribution in [2.75, 3.05) is 25.0 Å². The van der Waals surface area contributed by atoms with Gasteiger partial charge in [-0.2, -0.15) is 4.31 Å². The molecule has 6 nitrogen and oxygen atoms in total. The van der Waals surface area contributed by atoms with E-state index < -0.39 is 10.0 Å². The molecule has 0 spiro atoms. The normalized spacial score (nSPS) is 15.8. The topological polar surface area (TPSA) is 75.7 Å². The quantitative estimate of drug-likeness (QED) is 0.740. The van der Waals surface area contributed by atoms with Gasteiger partial charge in [0.05, 0.1) is 4.90 Å². The first kappa shape index (κ1) is 21.6. The van der Waals surface area contributed by atoms with Gasteiger partial charge in [0.25, 0.3) is 5.91 Å². The highest BCUT2D eigenvalue weighted by Crippen LogP contribution is 2.25. The van der Waals surface area contributed by atoms with Crippen LogP contribution in [0.5, 0.6) is 5.75 Å². The molecular weight excluding hydrogens is 412 g/mol. The zero-order valence-electron chi connectivity index (χ0n) is 16.5. The summed E-state index contributed by atoms with van der Waals surface area (Å²) in [7, 11) is -3.50. The fourth-order valence-corrected chi connectivity index (χ4v) is 4.90. The van der Waals surface area contributed by atoms with Gasteiger partial charge in [0.1, 0.15) is 5.75 Å². The van der Waals surface area contributed by atoms with Crippen LogP contribution >= 0.6 is 11.6 Å². The summed E-state index contributed by atoms with van der Waals surface area (Å²) in [5, 5.41) is 3.31. The van der Waals surface area contributed by atoms with Gasteiger partial charge in [0.15, 0.2) is 6.61 Å². The molecule has 0 aliphatic carbocycles. The second kappa shape index (κ2) is 9.15. The van der Waals surface area contributed by atoms with Gasteiger partial charge >= 0.3 is 0 Å². The largest absolute Gasteiger partial charge is 0.483 e. The van der Waals surface area contributed by atoms with Gasteiger partial charge in [-0.1, -0.05) is 18.5 Å². The van der Waals surface area contributed by atoms with E-state index in [1.165, 1.54) is 16.4 Å². The highest BCUT2D eigenvalue weighted by molar-refractivity contribution is 7.89. The van der Waals surface area contributed by atoms with Crippen molar-refractivity contribution < 1.29 is 17.9 Å². The monoisotopic (exact) mass is 436 g/mol. The van der Waals surface area contributed by atoms with Crippen molar-refractivity contribution in [1.29, 1.82) is 0 Å². The lowest BCUT2D eigenvalue weighted by atomic mass is 10.0. The van der Waals surface area contributed by atoms with Crippen LogP contribution in [0.15, 0.2) is 47.4 Å². The van der Waals surface area contributed by atoms with Crippen LogP contribution in [0.4, 0.5) is 5.69 Å². The molecule has 2 aromatic carbocycles. The summed E-state index contributed by atoms with van der Waals surface area (Å²) in [5.41, 5.74) is 1.35. The Hall–Kier alpha value is -2.09. The Morgan fingerprint density at radius 3 is 2.45 bits per heavy atom. The average molecular weight is 437 g/mol. The van der Waals surface area contributed by atoms with Crippen LogP contribution < -0.4 is 10.1 Å². The molecule has 0 bridgehead atoms. The predicted octanol–water partition coefficient (Wildman–Crippen LogP) is 4.09. The summed E-state index contributed by atoms with van der Waals surface area (Å²) >= 11 is 5.91. The fraction of sp³-hybridized carbons (Fsp3) is 0.381. The van der Waals surface area contributed by atoms with Gasteiger partial charge in [-0.3, -0.25) is 4.79 Å². The van der Waals surface area contributed by atoms with E-state index in [1.54, 1.807) is 30.3 Å². The number of anilines is 1. The van der Waals surface area contributed by atoms with E-state index in [4.69, 9.17) is 16.3 Å². The number of nitrogens with zero attached hydrogens (tertiary/aromatic N) is 1. The Labute approximate surface area is 176 Å². The van der Waals surface area contributed by atoms with Crippen LogP contribution in [0.2, 0.25) is 5.02 Å². The first-order valence-electron chi connectivity index (χ1n) is 9.55. The first-order valence-corrected chi connectivity index (χ1v) is 11.4. The second-order valence-electron chi connectivity index (χ2n) is 7.36. The molecule has 1 heterocycles. The highest BCUT2D eigenvalue weighted by Gasteiger charge is 2.27. The number of rotatable bonds is 6. The van der Waals surface area contributed by atoms with Crippen LogP contribution in [0, 0.1) is 12.8 Å². The summed E-state index contributed by atoms with van der Waals surface area (Å²) in [5.74, 6) is 0.805. The maximum Gasteiger partial charge on any atom is 0.262 e. The predicted molar refractivity (Wildman–Crippen MR) is 114 cm³/mol. The SMILES string of the molecule is Cc1cc(Cl)ccc1OCC(=O)Nc1ccc(S(=O)(=O)N2CCC(C)CC2)cc1. The van der Waals surface area contributed by atoms with Gasteiger partial charge < -0.3 is 10.1 Å². The Balaban J connectivity index is 1.57. The van der Waals surface area contributed by atoms with Crippen molar-refractivity contribution in [2.45, 2.75) is 31.6 Å². The van der Waals surface area contributed by atoms with Crippen LogP contribution in [0.25, 0.3) is 0 Å². The molecule has 8 heteroatoms. The summed E-state index contributed by atoms with van der Waals surface area (Å²) in [6.07, 6.45) is 1.75. The molecule has 1 fully saturated rings. The first-order chi connectivity index (χ1) is 13.8. The van der Waals surface area contributed by atoms with Gasteiger partial charge in [-0.15, -0.1) is 0 Å². The molecule has 0 aromatic heterocycles. The van der Waals surface area contributed by atoms with Crippen LogP contribution in [0.1, 0.15) is 25.3 Å². The highest BCUT2D eigenvalue weighted by atomic mass is 35.5. The van der Waals surface area contributed by atoms with Crippen molar-refractivity contribution in [1.82, 2.24) is 4.31 Å². The van der Waals surface area contributed by atoms with E-state index in [1.807, 2.05) is 6.92 Å². The molecule has 156 valence electrons. The number of carbonyl (C=O) groups is 1. The Morgan fingerprint density at radius 2 is 1.83 bits per heavy atom. The maximum absolute atomic E-state index is 12.8. The maximum atomic E-state index is 12.8. The van der Waals surface area contributed by atoms with Gasteiger partial charge in [-0.25, -0.2) is 8.42 Å². The Kier molecular flexibility index (Phi) is 6.82. The van der Waals surface area contributed by atoms with Crippen molar-refractivity contribution in [3.8, 4) is 5.75 Å². The van der Waals surface area contributed by atoms with Crippen LogP contribution in [-0.4, -0.2) is 38.3 Å². The Morgan fingerprint density at radius 1 is 1.17 bits per heavy atom. The standard InChI is InChI=1S/C21H25ClN2O4S/c1-15-9-11-24(12-10-15)29(26,27)19-6-4-18(5-7-19)23-21(25)14-28-20-8-3-17(22)13-16(20)2/h3-8,13,15H,9-12,14H2,1-2H3,(H,23,25). The van der Waals surface area contributed by atoms with Gasteiger partial charge in [0.2, 0.25) is 10.0 Å². The molecular formula is C21H25ClN2O4S. The third-order valence-electron chi connectivity index (χ3n) is 5.01. The number of hydrogen-bond acceptors (Lipinski definition) is 4. The average Bonchev–Trinajstić information content (AvgIpc) is 2.68. The molecule has 0 radical (unpaired) electrons. The number of hydrogen-bond donors (Lipinski definition) is 1. The molecule has 1 amide bonds. The number of ether oxygens (including phenoxy) is 1. The van der Waals surface area contributed by atoms with E-state index >= 15 is 0 Å². The number of aryl methyl sites for hydroxylation is 1. The summed E-state index contributed by atoms with van der Waals surface area (Å²) in [6.45, 7) is 4.92. The smallest absolute Gasteiger partial charge is 0.262 e. The minimum atomic E-state index is -3.50. The molecule has 2 aromatic rings. The molecule has 1 saturated heterocycles. The second-order valence-corrected chi connectivity index (χ2v) is 9.73. The summed E-state index contributed by atoms with van der Waals surface area (Å²) < 4.78 is 32.6. The lowest BCUT2D eigenvalue weighted by molar-refractivity contribution is -0.118. The van der Waals surface area contributed by atoms with E-state index in [9.17, 15) is 13.2 Å². The number of sulfonamides is 1. The van der Waals surface area contributed by atoms with Crippen LogP contribution in [-0.2, 0) is 14.8 Å². The molecule has 1 aliphatic heterocycles. The van der Waals surface area contributed by atoms with Crippen molar-refractivity contribution >= 4 is 33.2 Å². The minimum Gasteiger partial charge on any atom is -0.483 e. The lowest BCUT2D eigenvalue weighted by Crippen LogP contribution is -2.37.